The van der Waals surface area contributed by atoms with E-state index < -0.39 is 6.61 Å². The molecule has 0 aliphatic carbocycles. The number of pyridine rings is 1. The normalized spacial score (nSPS) is 14.3. The lowest BCUT2D eigenvalue weighted by Gasteiger charge is -2.31. The van der Waals surface area contributed by atoms with Crippen LogP contribution in [0.15, 0.2) is 84.5 Å². The summed E-state index contributed by atoms with van der Waals surface area (Å²) in [6.07, 6.45) is 12.1. The van der Waals surface area contributed by atoms with E-state index in [1.54, 1.807) is 12.1 Å². The first kappa shape index (κ1) is 39.8. The minimum Gasteiger partial charge on any atom is -0.435 e. The minimum atomic E-state index is -2.87. The monoisotopic (exact) mass is 652 g/mol. The van der Waals surface area contributed by atoms with Crippen LogP contribution in [0.1, 0.15) is 77.6 Å². The van der Waals surface area contributed by atoms with E-state index in [-0.39, 0.29) is 11.7 Å². The van der Waals surface area contributed by atoms with Crippen molar-refractivity contribution in [2.75, 3.05) is 39.4 Å². The number of ether oxygens (including phenoxy) is 2. The van der Waals surface area contributed by atoms with Crippen LogP contribution < -0.4 is 10.5 Å². The molecule has 6 nitrogen and oxygen atoms in total. The van der Waals surface area contributed by atoms with E-state index in [9.17, 15) is 8.78 Å². The summed E-state index contributed by atoms with van der Waals surface area (Å²) in [5, 5.41) is 0. The van der Waals surface area contributed by atoms with Crippen LogP contribution in [0.4, 0.5) is 8.78 Å². The molecule has 8 heteroatoms. The Kier molecular flexibility index (Phi) is 18.2. The molecule has 1 atom stereocenters. The molecule has 2 aromatic rings. The quantitative estimate of drug-likeness (QED) is 0.162. The summed E-state index contributed by atoms with van der Waals surface area (Å²) >= 11 is 0. The van der Waals surface area contributed by atoms with Crippen molar-refractivity contribution < 1.29 is 18.3 Å². The summed E-state index contributed by atoms with van der Waals surface area (Å²) in [5.41, 5.74) is 12.0. The molecule has 2 heterocycles. The van der Waals surface area contributed by atoms with E-state index in [1.807, 2.05) is 60.6 Å². The topological polar surface area (TPSA) is 63.8 Å². The molecule has 0 saturated heterocycles. The lowest BCUT2D eigenvalue weighted by Crippen LogP contribution is -2.30. The number of hydrogen-bond donors (Lipinski definition) is 1. The predicted octanol–water partition coefficient (Wildman–Crippen LogP) is 9.00. The third-order valence-electron chi connectivity index (χ3n) is 8.43. The first-order chi connectivity index (χ1) is 22.5. The highest BCUT2D eigenvalue weighted by Gasteiger charge is 2.21. The highest BCUT2D eigenvalue weighted by Crippen LogP contribution is 2.33. The number of alkyl halides is 2. The van der Waals surface area contributed by atoms with Gasteiger partial charge in [0, 0.05) is 60.1 Å². The van der Waals surface area contributed by atoms with Crippen LogP contribution in [0, 0.1) is 18.8 Å². The first-order valence-corrected chi connectivity index (χ1v) is 17.0. The fourth-order valence-corrected chi connectivity index (χ4v) is 5.02. The molecule has 1 aliphatic rings. The number of aryl methyl sites for hydroxylation is 1. The smallest absolute Gasteiger partial charge is 0.387 e. The zero-order valence-electron chi connectivity index (χ0n) is 29.8. The second-order valence-electron chi connectivity index (χ2n) is 12.5. The van der Waals surface area contributed by atoms with E-state index >= 15 is 0 Å². The molecule has 0 bridgehead atoms. The summed E-state index contributed by atoms with van der Waals surface area (Å²) in [5.74, 6) is 1.30. The molecule has 0 spiro atoms. The highest BCUT2D eigenvalue weighted by atomic mass is 19.3. The van der Waals surface area contributed by atoms with Gasteiger partial charge in [-0.25, -0.2) is 0 Å². The van der Waals surface area contributed by atoms with Crippen molar-refractivity contribution in [3.8, 4) is 5.75 Å². The predicted molar refractivity (Wildman–Crippen MR) is 192 cm³/mol. The van der Waals surface area contributed by atoms with Crippen LogP contribution in [-0.4, -0.2) is 60.8 Å². The maximum Gasteiger partial charge on any atom is 0.387 e. The van der Waals surface area contributed by atoms with E-state index in [4.69, 9.17) is 15.2 Å². The summed E-state index contributed by atoms with van der Waals surface area (Å²) < 4.78 is 36.0. The van der Waals surface area contributed by atoms with E-state index in [0.29, 0.717) is 25.1 Å². The van der Waals surface area contributed by atoms with Crippen LogP contribution in [0.3, 0.4) is 0 Å². The largest absolute Gasteiger partial charge is 0.435 e. The molecule has 0 fully saturated rings. The standard InChI is InChI=1S/C26H28F2N2O.C13H30N2O/c1-17(2)20(5)24(14-21-8-6-7-9-25(21)31-26(27)28)30-16-23(13-11-19(30)4)22-12-10-18(3)29-15-22;1-4-8-15(9-6-13(3)5-2)10-12-16-11-7-14/h6-13,15-17,26H,4,14H2,1-3,5H3;13H,4-12,14H2,1-3H3/b24-20-;. The summed E-state index contributed by atoms with van der Waals surface area (Å²) in [6, 6.07) is 10.9. The number of rotatable bonds is 18. The molecule has 47 heavy (non-hydrogen) atoms. The van der Waals surface area contributed by atoms with Gasteiger partial charge in [-0.1, -0.05) is 83.5 Å². The average Bonchev–Trinajstić information content (AvgIpc) is 3.05. The second kappa shape index (κ2) is 21.5. The zero-order chi connectivity index (χ0) is 34.8. The molecule has 1 unspecified atom stereocenters. The second-order valence-corrected chi connectivity index (χ2v) is 12.5. The number of halogens is 2. The van der Waals surface area contributed by atoms with Crippen molar-refractivity contribution in [2.45, 2.75) is 80.8 Å². The number of allylic oxidation sites excluding steroid dienone is 5. The molecular weight excluding hydrogens is 594 g/mol. The fourth-order valence-electron chi connectivity index (χ4n) is 5.02. The Morgan fingerprint density at radius 1 is 1.02 bits per heavy atom. The maximum atomic E-state index is 12.9. The van der Waals surface area contributed by atoms with E-state index in [2.05, 4.69) is 58.0 Å². The third kappa shape index (κ3) is 14.1. The summed E-state index contributed by atoms with van der Waals surface area (Å²) in [6.45, 7) is 22.0. The Bertz CT molecular complexity index is 1300. The minimum absolute atomic E-state index is 0.191. The van der Waals surface area contributed by atoms with Crippen LogP contribution in [0.5, 0.6) is 5.75 Å². The molecule has 260 valence electrons. The zero-order valence-corrected chi connectivity index (χ0v) is 29.8. The molecule has 0 amide bonds. The van der Waals surface area contributed by atoms with Gasteiger partial charge in [0.15, 0.2) is 0 Å². The third-order valence-corrected chi connectivity index (χ3v) is 8.43. The Balaban J connectivity index is 0.000000407. The fraction of sp³-hybridized carbons (Fsp3) is 0.513. The van der Waals surface area contributed by atoms with Gasteiger partial charge in [-0.2, -0.15) is 8.78 Å². The number of benzene rings is 1. The highest BCUT2D eigenvalue weighted by molar-refractivity contribution is 5.76. The van der Waals surface area contributed by atoms with Gasteiger partial charge in [0.2, 0.25) is 0 Å². The number of aromatic nitrogens is 1. The van der Waals surface area contributed by atoms with Crippen molar-refractivity contribution in [1.29, 1.82) is 0 Å². The number of hydrogen-bond acceptors (Lipinski definition) is 6. The van der Waals surface area contributed by atoms with Gasteiger partial charge >= 0.3 is 6.61 Å². The Labute approximate surface area is 283 Å². The van der Waals surface area contributed by atoms with Crippen molar-refractivity contribution in [3.05, 3.63) is 101 Å². The van der Waals surface area contributed by atoms with Crippen molar-refractivity contribution >= 4 is 5.57 Å². The van der Waals surface area contributed by atoms with Crippen LogP contribution in [0.2, 0.25) is 0 Å². The molecule has 0 saturated carbocycles. The van der Waals surface area contributed by atoms with Crippen LogP contribution >= 0.6 is 0 Å². The molecule has 1 aliphatic heterocycles. The molecule has 1 aromatic carbocycles. The Hall–Kier alpha value is -3.33. The van der Waals surface area contributed by atoms with Gasteiger partial charge in [-0.15, -0.1) is 0 Å². The van der Waals surface area contributed by atoms with Crippen molar-refractivity contribution in [3.63, 3.8) is 0 Å². The van der Waals surface area contributed by atoms with E-state index in [1.165, 1.54) is 32.4 Å². The van der Waals surface area contributed by atoms with Crippen molar-refractivity contribution in [2.24, 2.45) is 17.6 Å². The van der Waals surface area contributed by atoms with Crippen molar-refractivity contribution in [1.82, 2.24) is 14.8 Å². The van der Waals surface area contributed by atoms with Gasteiger partial charge in [0.1, 0.15) is 5.75 Å². The molecule has 3 rings (SSSR count). The summed E-state index contributed by atoms with van der Waals surface area (Å²) in [4.78, 5) is 8.95. The van der Waals surface area contributed by atoms with Crippen LogP contribution in [-0.2, 0) is 11.2 Å². The molecule has 2 N–H and O–H groups in total. The Morgan fingerprint density at radius 3 is 2.38 bits per heavy atom. The van der Waals surface area contributed by atoms with Gasteiger partial charge in [-0.05, 0) is 75.4 Å². The number of nitrogens with zero attached hydrogens (tertiary/aromatic N) is 3. The Morgan fingerprint density at radius 2 is 1.77 bits per heavy atom. The molecule has 0 radical (unpaired) electrons. The maximum absolute atomic E-state index is 12.9. The van der Waals surface area contributed by atoms with E-state index in [0.717, 1.165) is 52.9 Å². The van der Waals surface area contributed by atoms with Gasteiger partial charge < -0.3 is 25.0 Å². The first-order valence-electron chi connectivity index (χ1n) is 17.0. The lowest BCUT2D eigenvalue weighted by atomic mass is 9.96. The summed E-state index contributed by atoms with van der Waals surface area (Å²) in [7, 11) is 0. The van der Waals surface area contributed by atoms with Gasteiger partial charge in [0.25, 0.3) is 0 Å². The SMILES string of the molecule is C=C1C=CC(c2ccc(C)nc2)=CN1/C(Cc1ccccc1OC(F)F)=C(/C)C(C)C.CCCN(CCOCCN)CCC(C)CC. The average molecular weight is 653 g/mol. The van der Waals surface area contributed by atoms with Gasteiger partial charge in [0.05, 0.1) is 13.2 Å². The lowest BCUT2D eigenvalue weighted by molar-refractivity contribution is -0.0504. The molecule has 1 aromatic heterocycles. The van der Waals surface area contributed by atoms with Crippen LogP contribution in [0.25, 0.3) is 5.57 Å². The number of nitrogens with two attached hydrogens (primary N) is 1. The molecular formula is C39H58F2N4O2. The van der Waals surface area contributed by atoms with Gasteiger partial charge in [-0.3, -0.25) is 4.98 Å². The number of para-hydroxylation sites is 1.